The molecule has 33 heavy (non-hydrogen) atoms. The van der Waals surface area contributed by atoms with E-state index in [1.54, 1.807) is 12.1 Å². The van der Waals surface area contributed by atoms with Crippen molar-refractivity contribution in [1.29, 1.82) is 0 Å². The predicted octanol–water partition coefficient (Wildman–Crippen LogP) is 4.67. The summed E-state index contributed by atoms with van der Waals surface area (Å²) in [5.74, 6) is -0.688. The first-order chi connectivity index (χ1) is 15.8. The Balaban J connectivity index is 1.91. The number of aliphatic hydroxyl groups is 1. The van der Waals surface area contributed by atoms with Crippen LogP contribution in [-0.4, -0.2) is 44.6 Å². The van der Waals surface area contributed by atoms with Crippen LogP contribution in [0.1, 0.15) is 37.6 Å². The standard InChI is InChI=1S/C24H28FN2O5P/c1-16(2)23-21(12-13-32-33(31)15-20(28)14-22(29)30)27(19-10-8-18(25)9-11-19)24(26-23)17-6-4-3-5-7-17/h3-11,16,20,28,33H,12-15H2,1-2H3,(H,29,30)/t20-/m0/s1. The van der Waals surface area contributed by atoms with Crippen molar-refractivity contribution in [3.05, 3.63) is 71.8 Å². The Morgan fingerprint density at radius 3 is 2.42 bits per heavy atom. The van der Waals surface area contributed by atoms with Crippen molar-refractivity contribution in [3.63, 3.8) is 0 Å². The lowest BCUT2D eigenvalue weighted by Gasteiger charge is -2.15. The molecule has 3 rings (SSSR count). The lowest BCUT2D eigenvalue weighted by molar-refractivity contribution is -0.138. The molecule has 1 aromatic heterocycles. The molecule has 1 unspecified atom stereocenters. The van der Waals surface area contributed by atoms with Crippen molar-refractivity contribution in [2.75, 3.05) is 12.8 Å². The summed E-state index contributed by atoms with van der Waals surface area (Å²) in [5, 5.41) is 18.4. The number of benzene rings is 2. The highest BCUT2D eigenvalue weighted by molar-refractivity contribution is 7.39. The van der Waals surface area contributed by atoms with Gasteiger partial charge in [-0.1, -0.05) is 44.2 Å². The molecule has 2 aromatic carbocycles. The molecular weight excluding hydrogens is 446 g/mol. The smallest absolute Gasteiger partial charge is 0.305 e. The fraction of sp³-hybridized carbons (Fsp3) is 0.333. The second kappa shape index (κ2) is 11.4. The highest BCUT2D eigenvalue weighted by Gasteiger charge is 2.22. The summed E-state index contributed by atoms with van der Waals surface area (Å²) in [6.45, 7) is 4.17. The van der Waals surface area contributed by atoms with Crippen molar-refractivity contribution in [2.24, 2.45) is 0 Å². The van der Waals surface area contributed by atoms with Crippen LogP contribution >= 0.6 is 8.03 Å². The van der Waals surface area contributed by atoms with Gasteiger partial charge in [0.05, 0.1) is 24.8 Å². The van der Waals surface area contributed by atoms with E-state index >= 15 is 0 Å². The van der Waals surface area contributed by atoms with Crippen LogP contribution in [-0.2, 0) is 20.3 Å². The molecule has 0 radical (unpaired) electrons. The van der Waals surface area contributed by atoms with Crippen molar-refractivity contribution in [1.82, 2.24) is 9.55 Å². The van der Waals surface area contributed by atoms with Crippen LogP contribution in [0.25, 0.3) is 17.1 Å². The van der Waals surface area contributed by atoms with Crippen LogP contribution < -0.4 is 0 Å². The van der Waals surface area contributed by atoms with Crippen LogP contribution in [0.5, 0.6) is 0 Å². The van der Waals surface area contributed by atoms with Gasteiger partial charge in [0, 0.05) is 29.5 Å². The number of hydrogen-bond donors (Lipinski definition) is 2. The van der Waals surface area contributed by atoms with Gasteiger partial charge >= 0.3 is 5.97 Å². The largest absolute Gasteiger partial charge is 0.481 e. The molecule has 0 aliphatic heterocycles. The van der Waals surface area contributed by atoms with E-state index in [9.17, 15) is 18.9 Å². The van der Waals surface area contributed by atoms with E-state index in [0.29, 0.717) is 12.2 Å². The molecule has 0 amide bonds. The Labute approximate surface area is 192 Å². The number of carboxylic acids is 1. The minimum Gasteiger partial charge on any atom is -0.481 e. The van der Waals surface area contributed by atoms with Crippen molar-refractivity contribution in [3.8, 4) is 17.1 Å². The van der Waals surface area contributed by atoms with E-state index in [2.05, 4.69) is 0 Å². The Bertz CT molecular complexity index is 1100. The van der Waals surface area contributed by atoms with Gasteiger partial charge in [-0.05, 0) is 30.2 Å². The second-order valence-electron chi connectivity index (χ2n) is 8.03. The lowest BCUT2D eigenvalue weighted by atomic mass is 10.1. The molecule has 0 bridgehead atoms. The summed E-state index contributed by atoms with van der Waals surface area (Å²) in [5.41, 5.74) is 3.36. The van der Waals surface area contributed by atoms with Crippen molar-refractivity contribution in [2.45, 2.75) is 38.7 Å². The SMILES string of the molecule is CC(C)c1nc(-c2ccccc2)n(-c2ccc(F)cc2)c1CCO[PH](=O)C[C@@H](O)CC(=O)O. The van der Waals surface area contributed by atoms with Gasteiger partial charge in [0.2, 0.25) is 0 Å². The summed E-state index contributed by atoms with van der Waals surface area (Å²) in [6, 6.07) is 15.8. The van der Waals surface area contributed by atoms with Crippen LogP contribution in [0.15, 0.2) is 54.6 Å². The molecular formula is C24H28FN2O5P. The summed E-state index contributed by atoms with van der Waals surface area (Å²) in [6.07, 6.45) is -1.51. The van der Waals surface area contributed by atoms with Gasteiger partial charge in [-0.3, -0.25) is 13.9 Å². The number of carbonyl (C=O) groups is 1. The van der Waals surface area contributed by atoms with Gasteiger partial charge in [0.15, 0.2) is 8.03 Å². The van der Waals surface area contributed by atoms with E-state index in [1.165, 1.54) is 12.1 Å². The van der Waals surface area contributed by atoms with E-state index < -0.39 is 26.5 Å². The molecule has 0 aliphatic carbocycles. The Morgan fingerprint density at radius 1 is 1.15 bits per heavy atom. The zero-order valence-corrected chi connectivity index (χ0v) is 19.6. The molecule has 0 spiro atoms. The zero-order chi connectivity index (χ0) is 24.0. The number of aliphatic carboxylic acids is 1. The molecule has 1 heterocycles. The number of hydrogen-bond acceptors (Lipinski definition) is 5. The number of carboxylic acid groups (broad SMARTS) is 1. The van der Waals surface area contributed by atoms with Crippen LogP contribution in [0.2, 0.25) is 0 Å². The van der Waals surface area contributed by atoms with E-state index in [1.807, 2.05) is 48.7 Å². The molecule has 9 heteroatoms. The van der Waals surface area contributed by atoms with Crippen molar-refractivity contribution >= 4 is 14.0 Å². The minimum atomic E-state index is -2.61. The number of nitrogens with zero attached hydrogens (tertiary/aromatic N) is 2. The number of aromatic nitrogens is 2. The van der Waals surface area contributed by atoms with Gasteiger partial charge in [0.1, 0.15) is 11.6 Å². The van der Waals surface area contributed by atoms with Crippen LogP contribution in [0.3, 0.4) is 0 Å². The first-order valence-electron chi connectivity index (χ1n) is 10.7. The molecule has 0 fully saturated rings. The van der Waals surface area contributed by atoms with Crippen LogP contribution in [0, 0.1) is 5.82 Å². The van der Waals surface area contributed by atoms with Gasteiger partial charge < -0.3 is 14.7 Å². The molecule has 3 aromatic rings. The normalized spacial score (nSPS) is 13.2. The number of halogens is 1. The third-order valence-electron chi connectivity index (χ3n) is 5.08. The first kappa shape index (κ1) is 24.8. The monoisotopic (exact) mass is 474 g/mol. The molecule has 2 atom stereocenters. The van der Waals surface area contributed by atoms with Gasteiger partial charge in [-0.25, -0.2) is 9.37 Å². The quantitative estimate of drug-likeness (QED) is 0.392. The summed E-state index contributed by atoms with van der Waals surface area (Å²) >= 11 is 0. The topological polar surface area (TPSA) is 102 Å². The average Bonchev–Trinajstić information content (AvgIpc) is 3.14. The Kier molecular flexibility index (Phi) is 8.55. The number of rotatable bonds is 11. The Morgan fingerprint density at radius 2 is 1.82 bits per heavy atom. The zero-order valence-electron chi connectivity index (χ0n) is 18.6. The second-order valence-corrected chi connectivity index (χ2v) is 9.47. The molecule has 7 nitrogen and oxygen atoms in total. The maximum atomic E-state index is 13.6. The molecule has 0 saturated carbocycles. The third kappa shape index (κ3) is 6.60. The summed E-state index contributed by atoms with van der Waals surface area (Å²) in [7, 11) is -2.61. The Hall–Kier alpha value is -2.80. The molecule has 176 valence electrons. The van der Waals surface area contributed by atoms with Crippen LogP contribution in [0.4, 0.5) is 4.39 Å². The maximum Gasteiger partial charge on any atom is 0.305 e. The predicted molar refractivity (Wildman–Crippen MR) is 125 cm³/mol. The number of imidazole rings is 1. The van der Waals surface area contributed by atoms with Gasteiger partial charge in [-0.15, -0.1) is 0 Å². The van der Waals surface area contributed by atoms with Gasteiger partial charge in [-0.2, -0.15) is 0 Å². The number of aliphatic hydroxyl groups excluding tert-OH is 1. The molecule has 2 N–H and O–H groups in total. The summed E-state index contributed by atoms with van der Waals surface area (Å²) < 4.78 is 33.2. The van der Waals surface area contributed by atoms with E-state index in [0.717, 1.165) is 22.6 Å². The average molecular weight is 474 g/mol. The molecule has 0 saturated heterocycles. The maximum absolute atomic E-state index is 13.6. The fourth-order valence-corrected chi connectivity index (χ4v) is 4.59. The minimum absolute atomic E-state index is 0.0959. The highest BCUT2D eigenvalue weighted by atomic mass is 31.1. The highest BCUT2D eigenvalue weighted by Crippen LogP contribution is 2.32. The lowest BCUT2D eigenvalue weighted by Crippen LogP contribution is -2.16. The van der Waals surface area contributed by atoms with Gasteiger partial charge in [0.25, 0.3) is 0 Å². The summed E-state index contributed by atoms with van der Waals surface area (Å²) in [4.78, 5) is 15.6. The molecule has 0 aliphatic rings. The fourth-order valence-electron chi connectivity index (χ4n) is 3.61. The first-order valence-corrected chi connectivity index (χ1v) is 12.3. The third-order valence-corrected chi connectivity index (χ3v) is 6.41. The van der Waals surface area contributed by atoms with E-state index in [4.69, 9.17) is 14.6 Å². The van der Waals surface area contributed by atoms with E-state index in [-0.39, 0.29) is 24.5 Å². The van der Waals surface area contributed by atoms with Crippen molar-refractivity contribution < 1.29 is 28.5 Å².